The molecule has 0 bridgehead atoms. The van der Waals surface area contributed by atoms with Crippen LogP contribution >= 0.6 is 0 Å². The molecular weight excluding hydrogens is 218 g/mol. The molecule has 16 heavy (non-hydrogen) atoms. The third-order valence-electron chi connectivity index (χ3n) is 2.30. The van der Waals surface area contributed by atoms with Crippen LogP contribution in [0.4, 0.5) is 14.5 Å². The number of carbonyl (C=O) groups is 1. The monoisotopic (exact) mass is 228 g/mol. The third kappa shape index (κ3) is 1.83. The molecule has 0 atom stereocenters. The van der Waals surface area contributed by atoms with Gasteiger partial charge in [0.05, 0.1) is 18.7 Å². The van der Waals surface area contributed by atoms with Gasteiger partial charge in [0.25, 0.3) is 5.91 Å². The quantitative estimate of drug-likeness (QED) is 0.737. The first-order chi connectivity index (χ1) is 7.59. The van der Waals surface area contributed by atoms with Crippen LogP contribution in [0.25, 0.3) is 0 Å². The summed E-state index contributed by atoms with van der Waals surface area (Å²) in [6, 6.07) is 1.58. The number of nitrogens with two attached hydrogens (primary N) is 1. The second kappa shape index (κ2) is 4.05. The summed E-state index contributed by atoms with van der Waals surface area (Å²) in [6.07, 6.45) is 0.718. The molecule has 1 saturated heterocycles. The molecule has 2 N–H and O–H groups in total. The molecular formula is C10H10F2N2O2. The van der Waals surface area contributed by atoms with E-state index in [9.17, 15) is 13.6 Å². The Hall–Kier alpha value is -1.69. The van der Waals surface area contributed by atoms with E-state index >= 15 is 0 Å². The average molecular weight is 228 g/mol. The Balaban J connectivity index is 2.32. The molecule has 6 heteroatoms. The van der Waals surface area contributed by atoms with Crippen LogP contribution < -0.4 is 5.73 Å². The normalized spacial score (nSPS) is 15.5. The number of hydrogen-bond acceptors (Lipinski definition) is 3. The summed E-state index contributed by atoms with van der Waals surface area (Å²) in [5.74, 6) is -2.72. The zero-order chi connectivity index (χ0) is 11.7. The van der Waals surface area contributed by atoms with Crippen LogP contribution in [-0.4, -0.2) is 24.1 Å². The smallest absolute Gasteiger partial charge is 0.279 e. The molecule has 1 heterocycles. The Labute approximate surface area is 90.5 Å². The molecule has 0 aromatic heterocycles. The van der Waals surface area contributed by atoms with Crippen molar-refractivity contribution < 1.29 is 18.4 Å². The van der Waals surface area contributed by atoms with Crippen molar-refractivity contribution in [1.29, 1.82) is 0 Å². The molecule has 86 valence electrons. The minimum absolute atomic E-state index is 0.0826. The van der Waals surface area contributed by atoms with E-state index in [2.05, 4.69) is 0 Å². The van der Waals surface area contributed by atoms with E-state index in [1.54, 1.807) is 0 Å². The minimum Gasteiger partial charge on any atom is -0.398 e. The molecule has 2 rings (SSSR count). The number of nitrogen functional groups attached to an aromatic ring is 1. The van der Waals surface area contributed by atoms with Gasteiger partial charge in [0.2, 0.25) is 0 Å². The first-order valence-corrected chi connectivity index (χ1v) is 4.79. The van der Waals surface area contributed by atoms with E-state index in [0.717, 1.165) is 23.6 Å². The molecule has 1 aliphatic rings. The van der Waals surface area contributed by atoms with Gasteiger partial charge in [-0.2, -0.15) is 0 Å². The van der Waals surface area contributed by atoms with E-state index < -0.39 is 17.5 Å². The second-order valence-corrected chi connectivity index (χ2v) is 3.45. The fourth-order valence-electron chi connectivity index (χ4n) is 1.49. The number of anilines is 1. The molecule has 1 amide bonds. The van der Waals surface area contributed by atoms with Gasteiger partial charge in [0, 0.05) is 11.8 Å². The summed E-state index contributed by atoms with van der Waals surface area (Å²) >= 11 is 0. The lowest BCUT2D eigenvalue weighted by molar-refractivity contribution is -0.0768. The maximum atomic E-state index is 13.0. The van der Waals surface area contributed by atoms with E-state index in [4.69, 9.17) is 10.6 Å². The number of carbonyl (C=O) groups excluding carboxylic acids is 1. The van der Waals surface area contributed by atoms with Gasteiger partial charge < -0.3 is 5.73 Å². The van der Waals surface area contributed by atoms with Gasteiger partial charge in [-0.1, -0.05) is 0 Å². The van der Waals surface area contributed by atoms with E-state index in [-0.39, 0.29) is 11.3 Å². The predicted octanol–water partition coefficient (Wildman–Crippen LogP) is 1.32. The minimum atomic E-state index is -1.10. The highest BCUT2D eigenvalue weighted by molar-refractivity contribution is 5.98. The van der Waals surface area contributed by atoms with Gasteiger partial charge in [-0.05, 0) is 12.5 Å². The molecule has 1 fully saturated rings. The molecule has 1 aliphatic heterocycles. The summed E-state index contributed by atoms with van der Waals surface area (Å²) in [5.41, 5.74) is 5.27. The highest BCUT2D eigenvalue weighted by Crippen LogP contribution is 2.20. The van der Waals surface area contributed by atoms with Gasteiger partial charge in [-0.15, -0.1) is 0 Å². The lowest BCUT2D eigenvalue weighted by Gasteiger charge is -2.15. The number of amides is 1. The van der Waals surface area contributed by atoms with E-state index in [1.807, 2.05) is 0 Å². The maximum Gasteiger partial charge on any atom is 0.279 e. The van der Waals surface area contributed by atoms with Crippen molar-refractivity contribution in [3.63, 3.8) is 0 Å². The van der Waals surface area contributed by atoms with Crippen molar-refractivity contribution in [3.05, 3.63) is 29.3 Å². The van der Waals surface area contributed by atoms with Crippen molar-refractivity contribution in [2.75, 3.05) is 18.9 Å². The highest BCUT2D eigenvalue weighted by Gasteiger charge is 2.23. The zero-order valence-electron chi connectivity index (χ0n) is 8.37. The van der Waals surface area contributed by atoms with Crippen molar-refractivity contribution in [3.8, 4) is 0 Å². The zero-order valence-corrected chi connectivity index (χ0v) is 8.37. The largest absolute Gasteiger partial charge is 0.398 e. The standard InChI is InChI=1S/C10H10F2N2O2/c11-7-4-6(9(13)5-8(7)12)10(15)14-2-1-3-16-14/h4-5H,1-3,13H2. The number of benzene rings is 1. The second-order valence-electron chi connectivity index (χ2n) is 3.45. The van der Waals surface area contributed by atoms with Gasteiger partial charge >= 0.3 is 0 Å². The number of nitrogens with zero attached hydrogens (tertiary/aromatic N) is 1. The molecule has 1 aromatic rings. The summed E-state index contributed by atoms with van der Waals surface area (Å²) < 4.78 is 25.8. The molecule has 1 aromatic carbocycles. The van der Waals surface area contributed by atoms with Crippen LogP contribution in [0.15, 0.2) is 12.1 Å². The fraction of sp³-hybridized carbons (Fsp3) is 0.300. The molecule has 0 unspecified atom stereocenters. The van der Waals surface area contributed by atoms with Gasteiger partial charge in [0.1, 0.15) is 0 Å². The summed E-state index contributed by atoms with van der Waals surface area (Å²) in [7, 11) is 0. The number of rotatable bonds is 1. The SMILES string of the molecule is Nc1cc(F)c(F)cc1C(=O)N1CCCO1. The van der Waals surface area contributed by atoms with Crippen LogP contribution in [0.1, 0.15) is 16.8 Å². The Kier molecular flexibility index (Phi) is 2.74. The Morgan fingerprint density at radius 3 is 2.69 bits per heavy atom. The van der Waals surface area contributed by atoms with Crippen LogP contribution in [0.2, 0.25) is 0 Å². The van der Waals surface area contributed by atoms with E-state index in [1.165, 1.54) is 0 Å². The highest BCUT2D eigenvalue weighted by atomic mass is 19.2. The first-order valence-electron chi connectivity index (χ1n) is 4.79. The molecule has 0 radical (unpaired) electrons. The number of halogens is 2. The van der Waals surface area contributed by atoms with Crippen LogP contribution in [0.3, 0.4) is 0 Å². The fourth-order valence-corrected chi connectivity index (χ4v) is 1.49. The molecule has 0 saturated carbocycles. The lowest BCUT2D eigenvalue weighted by Crippen LogP contribution is -2.27. The van der Waals surface area contributed by atoms with Gasteiger partial charge in [0.15, 0.2) is 11.6 Å². The average Bonchev–Trinajstić information content (AvgIpc) is 2.75. The van der Waals surface area contributed by atoms with Crippen LogP contribution in [-0.2, 0) is 4.84 Å². The Bertz CT molecular complexity index is 431. The first kappa shape index (κ1) is 10.8. The topological polar surface area (TPSA) is 55.6 Å². The van der Waals surface area contributed by atoms with Gasteiger partial charge in [-0.3, -0.25) is 9.63 Å². The lowest BCUT2D eigenvalue weighted by atomic mass is 10.1. The third-order valence-corrected chi connectivity index (χ3v) is 2.30. The van der Waals surface area contributed by atoms with Crippen LogP contribution in [0.5, 0.6) is 0 Å². The summed E-state index contributed by atoms with van der Waals surface area (Å²) in [4.78, 5) is 16.8. The Morgan fingerprint density at radius 2 is 2.06 bits per heavy atom. The van der Waals surface area contributed by atoms with Crippen molar-refractivity contribution >= 4 is 11.6 Å². The molecule has 4 nitrogen and oxygen atoms in total. The van der Waals surface area contributed by atoms with Gasteiger partial charge in [-0.25, -0.2) is 13.8 Å². The molecule has 0 spiro atoms. The molecule has 0 aliphatic carbocycles. The Morgan fingerprint density at radius 1 is 1.38 bits per heavy atom. The van der Waals surface area contributed by atoms with Crippen molar-refractivity contribution in [2.24, 2.45) is 0 Å². The van der Waals surface area contributed by atoms with Crippen molar-refractivity contribution in [1.82, 2.24) is 5.06 Å². The predicted molar refractivity (Wildman–Crippen MR) is 52.4 cm³/mol. The number of hydrogen-bond donors (Lipinski definition) is 1. The summed E-state index contributed by atoms with van der Waals surface area (Å²) in [6.45, 7) is 0.868. The maximum absolute atomic E-state index is 13.0. The van der Waals surface area contributed by atoms with Crippen LogP contribution in [0, 0.1) is 11.6 Å². The summed E-state index contributed by atoms with van der Waals surface area (Å²) in [5, 5.41) is 1.10. The number of hydroxylamine groups is 2. The van der Waals surface area contributed by atoms with Crippen molar-refractivity contribution in [2.45, 2.75) is 6.42 Å². The van der Waals surface area contributed by atoms with E-state index in [0.29, 0.717) is 13.2 Å².